The maximum absolute atomic E-state index is 12.4. The Kier molecular flexibility index (Phi) is 7.10. The molecule has 0 saturated heterocycles. The van der Waals surface area contributed by atoms with Gasteiger partial charge in [-0.05, 0) is 97.5 Å². The second-order valence-corrected chi connectivity index (χ2v) is 9.42. The van der Waals surface area contributed by atoms with Gasteiger partial charge in [0.25, 0.3) is 0 Å². The zero-order chi connectivity index (χ0) is 25.9. The summed E-state index contributed by atoms with van der Waals surface area (Å²) in [6, 6.07) is 21.9. The molecule has 0 spiro atoms. The molecule has 5 aromatic rings. The first-order valence-corrected chi connectivity index (χ1v) is 12.3. The van der Waals surface area contributed by atoms with Gasteiger partial charge in [0.1, 0.15) is 17.0 Å². The van der Waals surface area contributed by atoms with Gasteiger partial charge in [-0.3, -0.25) is 10.1 Å². The summed E-state index contributed by atoms with van der Waals surface area (Å²) in [5.41, 5.74) is 4.65. The lowest BCUT2D eigenvalue weighted by molar-refractivity contribution is -0.115. The van der Waals surface area contributed by atoms with Crippen LogP contribution in [0, 0.1) is 6.92 Å². The normalized spacial score (nSPS) is 11.2. The Morgan fingerprint density at radius 1 is 0.946 bits per heavy atom. The molecule has 2 heterocycles. The van der Waals surface area contributed by atoms with Crippen LogP contribution in [0.15, 0.2) is 87.7 Å². The van der Waals surface area contributed by atoms with E-state index in [1.54, 1.807) is 42.5 Å². The van der Waals surface area contributed by atoms with Crippen molar-refractivity contribution in [2.24, 2.45) is 0 Å². The fraction of sp³-hybridized carbons (Fsp3) is 0.0357. The van der Waals surface area contributed by atoms with Crippen LogP contribution in [0.1, 0.15) is 11.3 Å². The standard InChI is InChI=1S/C28H19Cl2N3O3S/c1-16-2-11-25-23(14-16)31-27(36-25)18-5-10-21(30)22(15-18)32-28(37)33-26(34)13-9-20-8-12-24(35-20)17-3-6-19(29)7-4-17/h2-15H,1H3,(H2,32,33,34,37). The lowest BCUT2D eigenvalue weighted by atomic mass is 10.2. The molecule has 2 aromatic heterocycles. The lowest BCUT2D eigenvalue weighted by Gasteiger charge is -2.10. The first kappa shape index (κ1) is 24.8. The minimum Gasteiger partial charge on any atom is -0.457 e. The zero-order valence-electron chi connectivity index (χ0n) is 19.4. The number of anilines is 1. The third-order valence-electron chi connectivity index (χ3n) is 5.40. The quantitative estimate of drug-likeness (QED) is 0.172. The van der Waals surface area contributed by atoms with E-state index in [1.165, 1.54) is 6.08 Å². The molecule has 0 bridgehead atoms. The van der Waals surface area contributed by atoms with Crippen LogP contribution >= 0.6 is 35.4 Å². The maximum atomic E-state index is 12.4. The molecular formula is C28H19Cl2N3O3S. The number of hydrogen-bond acceptors (Lipinski definition) is 5. The molecule has 0 saturated carbocycles. The highest BCUT2D eigenvalue weighted by Gasteiger charge is 2.12. The summed E-state index contributed by atoms with van der Waals surface area (Å²) in [4.78, 5) is 16.9. The minimum absolute atomic E-state index is 0.0863. The first-order chi connectivity index (χ1) is 17.8. The van der Waals surface area contributed by atoms with Crippen LogP contribution in [0.2, 0.25) is 10.0 Å². The Morgan fingerprint density at radius 3 is 2.54 bits per heavy atom. The first-order valence-electron chi connectivity index (χ1n) is 11.2. The van der Waals surface area contributed by atoms with E-state index in [1.807, 2.05) is 43.3 Å². The molecular weight excluding hydrogens is 529 g/mol. The summed E-state index contributed by atoms with van der Waals surface area (Å²) in [6.45, 7) is 2.00. The van der Waals surface area contributed by atoms with Crippen molar-refractivity contribution in [3.63, 3.8) is 0 Å². The van der Waals surface area contributed by atoms with E-state index >= 15 is 0 Å². The summed E-state index contributed by atoms with van der Waals surface area (Å²) in [5, 5.41) is 6.71. The van der Waals surface area contributed by atoms with Gasteiger partial charge in [-0.25, -0.2) is 4.98 Å². The molecule has 0 fully saturated rings. The predicted molar refractivity (Wildman–Crippen MR) is 152 cm³/mol. The van der Waals surface area contributed by atoms with E-state index in [0.29, 0.717) is 44.3 Å². The number of halogens is 2. The number of carbonyl (C=O) groups is 1. The number of aryl methyl sites for hydroxylation is 1. The average Bonchev–Trinajstić information content (AvgIpc) is 3.51. The lowest BCUT2D eigenvalue weighted by Crippen LogP contribution is -2.32. The Morgan fingerprint density at radius 2 is 1.73 bits per heavy atom. The molecule has 1 amide bonds. The van der Waals surface area contributed by atoms with Gasteiger partial charge in [0.05, 0.1) is 10.7 Å². The Labute approximate surface area is 227 Å². The molecule has 184 valence electrons. The van der Waals surface area contributed by atoms with Crippen molar-refractivity contribution in [2.75, 3.05) is 5.32 Å². The average molecular weight is 548 g/mol. The van der Waals surface area contributed by atoms with Gasteiger partial charge in [-0.2, -0.15) is 0 Å². The molecule has 37 heavy (non-hydrogen) atoms. The summed E-state index contributed by atoms with van der Waals surface area (Å²) < 4.78 is 11.6. The van der Waals surface area contributed by atoms with Crippen molar-refractivity contribution in [2.45, 2.75) is 6.92 Å². The molecule has 0 aliphatic heterocycles. The topological polar surface area (TPSA) is 80.3 Å². The molecule has 0 aliphatic carbocycles. The van der Waals surface area contributed by atoms with Crippen molar-refractivity contribution in [3.05, 3.63) is 100 Å². The molecule has 2 N–H and O–H groups in total. The third-order valence-corrected chi connectivity index (χ3v) is 6.18. The number of thiocarbonyl (C=S) groups is 1. The second kappa shape index (κ2) is 10.6. The van der Waals surface area contributed by atoms with Crippen LogP contribution in [-0.4, -0.2) is 16.0 Å². The number of amides is 1. The number of aromatic nitrogens is 1. The number of furan rings is 1. The van der Waals surface area contributed by atoms with Crippen molar-refractivity contribution < 1.29 is 13.6 Å². The number of oxazole rings is 1. The Bertz CT molecular complexity index is 1660. The van der Waals surface area contributed by atoms with E-state index in [0.717, 1.165) is 16.6 Å². The number of nitrogens with zero attached hydrogens (tertiary/aromatic N) is 1. The van der Waals surface area contributed by atoms with E-state index in [2.05, 4.69) is 15.6 Å². The fourth-order valence-corrected chi connectivity index (χ4v) is 4.09. The van der Waals surface area contributed by atoms with Gasteiger partial charge in [-0.1, -0.05) is 29.3 Å². The summed E-state index contributed by atoms with van der Waals surface area (Å²) >= 11 is 17.6. The van der Waals surface area contributed by atoms with Crippen LogP contribution < -0.4 is 10.6 Å². The second-order valence-electron chi connectivity index (χ2n) is 8.17. The molecule has 9 heteroatoms. The van der Waals surface area contributed by atoms with Crippen molar-refractivity contribution in [3.8, 4) is 22.8 Å². The van der Waals surface area contributed by atoms with E-state index < -0.39 is 5.91 Å². The van der Waals surface area contributed by atoms with Gasteiger partial charge in [0, 0.05) is 22.2 Å². The van der Waals surface area contributed by atoms with Crippen LogP contribution in [0.4, 0.5) is 5.69 Å². The number of benzene rings is 3. The smallest absolute Gasteiger partial charge is 0.250 e. The number of fused-ring (bicyclic) bond motifs is 1. The summed E-state index contributed by atoms with van der Waals surface area (Å²) in [7, 11) is 0. The maximum Gasteiger partial charge on any atom is 0.250 e. The third kappa shape index (κ3) is 5.91. The summed E-state index contributed by atoms with van der Waals surface area (Å²) in [6.07, 6.45) is 2.89. The van der Waals surface area contributed by atoms with Crippen LogP contribution in [0.3, 0.4) is 0 Å². The molecule has 6 nitrogen and oxygen atoms in total. The number of hydrogen-bond donors (Lipinski definition) is 2. The fourth-order valence-electron chi connectivity index (χ4n) is 3.59. The SMILES string of the molecule is Cc1ccc2oc(-c3ccc(Cl)c(NC(=S)NC(=O)C=Cc4ccc(-c5ccc(Cl)cc5)o4)c3)nc2c1. The van der Waals surface area contributed by atoms with Crippen molar-refractivity contribution in [1.29, 1.82) is 0 Å². The molecule has 0 atom stereocenters. The van der Waals surface area contributed by atoms with Gasteiger partial charge in [-0.15, -0.1) is 0 Å². The van der Waals surface area contributed by atoms with Crippen LogP contribution in [0.25, 0.3) is 40.0 Å². The summed E-state index contributed by atoms with van der Waals surface area (Å²) in [5.74, 6) is 1.21. The van der Waals surface area contributed by atoms with Gasteiger partial charge in [0.15, 0.2) is 10.7 Å². The van der Waals surface area contributed by atoms with Gasteiger partial charge < -0.3 is 14.2 Å². The number of rotatable bonds is 5. The highest BCUT2D eigenvalue weighted by molar-refractivity contribution is 7.80. The molecule has 3 aromatic carbocycles. The van der Waals surface area contributed by atoms with Crippen molar-refractivity contribution >= 4 is 69.3 Å². The largest absolute Gasteiger partial charge is 0.457 e. The molecule has 0 aliphatic rings. The van der Waals surface area contributed by atoms with E-state index in [9.17, 15) is 4.79 Å². The Balaban J connectivity index is 1.23. The molecule has 0 unspecified atom stereocenters. The van der Waals surface area contributed by atoms with Crippen molar-refractivity contribution in [1.82, 2.24) is 10.3 Å². The highest BCUT2D eigenvalue weighted by atomic mass is 35.5. The predicted octanol–water partition coefficient (Wildman–Crippen LogP) is 7.90. The molecule has 0 radical (unpaired) electrons. The monoisotopic (exact) mass is 547 g/mol. The number of nitrogens with one attached hydrogen (secondary N) is 2. The Hall–Kier alpha value is -3.91. The van der Waals surface area contributed by atoms with E-state index in [-0.39, 0.29) is 5.11 Å². The van der Waals surface area contributed by atoms with Crippen LogP contribution in [-0.2, 0) is 4.79 Å². The van der Waals surface area contributed by atoms with Gasteiger partial charge >= 0.3 is 0 Å². The van der Waals surface area contributed by atoms with Crippen LogP contribution in [0.5, 0.6) is 0 Å². The van der Waals surface area contributed by atoms with E-state index in [4.69, 9.17) is 44.3 Å². The highest BCUT2D eigenvalue weighted by Crippen LogP contribution is 2.31. The minimum atomic E-state index is -0.427. The number of carbonyl (C=O) groups excluding carboxylic acids is 1. The van der Waals surface area contributed by atoms with Gasteiger partial charge in [0.2, 0.25) is 11.8 Å². The zero-order valence-corrected chi connectivity index (χ0v) is 21.7. The molecule has 5 rings (SSSR count).